The van der Waals surface area contributed by atoms with E-state index in [1.165, 1.54) is 7.11 Å². The lowest BCUT2D eigenvalue weighted by Crippen LogP contribution is -2.36. The molecule has 0 saturated heterocycles. The number of benzene rings is 1. The second kappa shape index (κ2) is 5.80. The molecular formula is C11H12Cl3NO2. The first kappa shape index (κ1) is 14.4. The van der Waals surface area contributed by atoms with E-state index >= 15 is 0 Å². The summed E-state index contributed by atoms with van der Waals surface area (Å²) in [4.78, 5) is 11.2. The summed E-state index contributed by atoms with van der Waals surface area (Å²) in [5.41, 5.74) is 1.77. The molecule has 0 saturated carbocycles. The number of methoxy groups -OCH3 is 1. The van der Waals surface area contributed by atoms with Crippen molar-refractivity contribution in [2.24, 2.45) is 0 Å². The van der Waals surface area contributed by atoms with Crippen molar-refractivity contribution in [2.75, 3.05) is 7.11 Å². The van der Waals surface area contributed by atoms with E-state index in [0.717, 1.165) is 5.56 Å². The van der Waals surface area contributed by atoms with Crippen molar-refractivity contribution in [3.8, 4) is 0 Å². The molecule has 94 valence electrons. The molecule has 0 heterocycles. The molecular weight excluding hydrogens is 284 g/mol. The van der Waals surface area contributed by atoms with Crippen LogP contribution in [-0.2, 0) is 4.74 Å². The molecule has 1 unspecified atom stereocenters. The van der Waals surface area contributed by atoms with Crippen LogP contribution in [0.5, 0.6) is 0 Å². The standard InChI is InChI=1S/C11H12Cl3NO2/c1-7-3-5-8(6-4-7)9(11(12,13)14)15-10(16)17-2/h3-6,9H,1-2H3,(H,15,16). The summed E-state index contributed by atoms with van der Waals surface area (Å²) in [5, 5.41) is 2.49. The van der Waals surface area contributed by atoms with Crippen LogP contribution in [-0.4, -0.2) is 17.0 Å². The highest BCUT2D eigenvalue weighted by Crippen LogP contribution is 2.39. The smallest absolute Gasteiger partial charge is 0.407 e. The third-order valence-electron chi connectivity index (χ3n) is 2.19. The Morgan fingerprint density at radius 3 is 2.24 bits per heavy atom. The second-order valence-electron chi connectivity index (χ2n) is 3.52. The van der Waals surface area contributed by atoms with Gasteiger partial charge in [0.25, 0.3) is 0 Å². The number of aryl methyl sites for hydroxylation is 1. The van der Waals surface area contributed by atoms with Crippen LogP contribution in [0.2, 0.25) is 0 Å². The Hall–Kier alpha value is -0.640. The van der Waals surface area contributed by atoms with Crippen LogP contribution < -0.4 is 5.32 Å². The number of carbonyl (C=O) groups excluding carboxylic acids is 1. The quantitative estimate of drug-likeness (QED) is 0.844. The number of nitrogens with one attached hydrogen (secondary N) is 1. The summed E-state index contributed by atoms with van der Waals surface area (Å²) >= 11 is 17.5. The summed E-state index contributed by atoms with van der Waals surface area (Å²) in [6.07, 6.45) is -0.651. The van der Waals surface area contributed by atoms with Gasteiger partial charge in [0.15, 0.2) is 0 Å². The van der Waals surface area contributed by atoms with E-state index in [-0.39, 0.29) is 0 Å². The largest absolute Gasteiger partial charge is 0.453 e. The van der Waals surface area contributed by atoms with Crippen molar-refractivity contribution in [3.05, 3.63) is 35.4 Å². The number of rotatable bonds is 2. The molecule has 0 radical (unpaired) electrons. The van der Waals surface area contributed by atoms with E-state index in [0.29, 0.717) is 5.56 Å². The van der Waals surface area contributed by atoms with Gasteiger partial charge >= 0.3 is 6.09 Å². The SMILES string of the molecule is COC(=O)NC(c1ccc(C)cc1)C(Cl)(Cl)Cl. The maximum Gasteiger partial charge on any atom is 0.407 e. The van der Waals surface area contributed by atoms with Crippen LogP contribution >= 0.6 is 34.8 Å². The zero-order valence-electron chi connectivity index (χ0n) is 9.34. The fourth-order valence-corrected chi connectivity index (χ4v) is 1.83. The Kier molecular flexibility index (Phi) is 4.92. The lowest BCUT2D eigenvalue weighted by molar-refractivity contribution is 0.166. The first-order chi connectivity index (χ1) is 7.84. The van der Waals surface area contributed by atoms with Gasteiger partial charge in [0.2, 0.25) is 3.79 Å². The number of carbonyl (C=O) groups is 1. The van der Waals surface area contributed by atoms with E-state index in [2.05, 4.69) is 10.1 Å². The number of alkyl carbamates (subject to hydrolysis) is 1. The molecule has 1 aromatic rings. The summed E-state index contributed by atoms with van der Waals surface area (Å²) in [6, 6.07) is 6.56. The predicted molar refractivity (Wildman–Crippen MR) is 69.8 cm³/mol. The summed E-state index contributed by atoms with van der Waals surface area (Å²) in [7, 11) is 1.25. The van der Waals surface area contributed by atoms with Crippen LogP contribution in [0.15, 0.2) is 24.3 Å². The first-order valence-corrected chi connectivity index (χ1v) is 5.95. The summed E-state index contributed by atoms with van der Waals surface area (Å²) in [6.45, 7) is 1.95. The van der Waals surface area contributed by atoms with Crippen molar-refractivity contribution in [3.63, 3.8) is 0 Å². The highest BCUT2D eigenvalue weighted by Gasteiger charge is 2.35. The number of hydrogen-bond donors (Lipinski definition) is 1. The fraction of sp³-hybridized carbons (Fsp3) is 0.364. The van der Waals surface area contributed by atoms with Gasteiger partial charge < -0.3 is 10.1 Å². The average Bonchev–Trinajstić information content (AvgIpc) is 2.25. The number of alkyl halides is 3. The molecule has 6 heteroatoms. The fourth-order valence-electron chi connectivity index (χ4n) is 1.29. The number of halogens is 3. The molecule has 0 fully saturated rings. The number of amides is 1. The van der Waals surface area contributed by atoms with E-state index in [1.807, 2.05) is 19.1 Å². The molecule has 1 N–H and O–H groups in total. The van der Waals surface area contributed by atoms with Crippen LogP contribution in [0.3, 0.4) is 0 Å². The molecule has 17 heavy (non-hydrogen) atoms. The Morgan fingerprint density at radius 2 is 1.82 bits per heavy atom. The van der Waals surface area contributed by atoms with E-state index in [4.69, 9.17) is 34.8 Å². The number of ether oxygens (including phenoxy) is 1. The molecule has 0 spiro atoms. The van der Waals surface area contributed by atoms with Gasteiger partial charge in [0.1, 0.15) is 6.04 Å². The highest BCUT2D eigenvalue weighted by molar-refractivity contribution is 6.68. The topological polar surface area (TPSA) is 38.3 Å². The minimum absolute atomic E-state index is 0.651. The molecule has 0 aliphatic rings. The van der Waals surface area contributed by atoms with Crippen LogP contribution in [0, 0.1) is 6.92 Å². The van der Waals surface area contributed by atoms with Crippen molar-refractivity contribution >= 4 is 40.9 Å². The van der Waals surface area contributed by atoms with E-state index in [1.54, 1.807) is 12.1 Å². The van der Waals surface area contributed by atoms with Gasteiger partial charge in [0, 0.05) is 0 Å². The van der Waals surface area contributed by atoms with Crippen LogP contribution in [0.1, 0.15) is 17.2 Å². The molecule has 0 aromatic heterocycles. The molecule has 0 bridgehead atoms. The maximum atomic E-state index is 11.2. The molecule has 1 amide bonds. The minimum Gasteiger partial charge on any atom is -0.453 e. The molecule has 1 rings (SSSR count). The maximum absolute atomic E-state index is 11.2. The van der Waals surface area contributed by atoms with Gasteiger partial charge in [-0.15, -0.1) is 0 Å². The summed E-state index contributed by atoms with van der Waals surface area (Å²) in [5.74, 6) is 0. The molecule has 1 atom stereocenters. The Morgan fingerprint density at radius 1 is 1.29 bits per heavy atom. The Bertz CT molecular complexity index is 387. The zero-order valence-corrected chi connectivity index (χ0v) is 11.6. The van der Waals surface area contributed by atoms with Gasteiger partial charge in [-0.25, -0.2) is 4.79 Å². The number of hydrogen-bond acceptors (Lipinski definition) is 2. The lowest BCUT2D eigenvalue weighted by Gasteiger charge is -2.25. The van der Waals surface area contributed by atoms with Crippen molar-refractivity contribution in [1.82, 2.24) is 5.32 Å². The van der Waals surface area contributed by atoms with Crippen molar-refractivity contribution < 1.29 is 9.53 Å². The normalized spacial score (nSPS) is 13.0. The second-order valence-corrected chi connectivity index (χ2v) is 5.89. The van der Waals surface area contributed by atoms with Gasteiger partial charge in [-0.2, -0.15) is 0 Å². The van der Waals surface area contributed by atoms with Crippen molar-refractivity contribution in [1.29, 1.82) is 0 Å². The highest BCUT2D eigenvalue weighted by atomic mass is 35.6. The van der Waals surface area contributed by atoms with Crippen LogP contribution in [0.25, 0.3) is 0 Å². The zero-order chi connectivity index (χ0) is 13.1. The van der Waals surface area contributed by atoms with Gasteiger partial charge in [-0.05, 0) is 12.5 Å². The molecule has 0 aliphatic heterocycles. The average molecular weight is 297 g/mol. The third-order valence-corrected chi connectivity index (χ3v) is 2.84. The van der Waals surface area contributed by atoms with E-state index < -0.39 is 15.9 Å². The Labute approximate surface area is 115 Å². The monoisotopic (exact) mass is 295 g/mol. The van der Waals surface area contributed by atoms with Gasteiger partial charge in [-0.3, -0.25) is 0 Å². The van der Waals surface area contributed by atoms with Gasteiger partial charge in [-0.1, -0.05) is 64.6 Å². The van der Waals surface area contributed by atoms with E-state index in [9.17, 15) is 4.79 Å². The van der Waals surface area contributed by atoms with Crippen molar-refractivity contribution in [2.45, 2.75) is 16.8 Å². The first-order valence-electron chi connectivity index (χ1n) is 4.82. The molecule has 3 nitrogen and oxygen atoms in total. The molecule has 1 aromatic carbocycles. The Balaban J connectivity index is 2.98. The third kappa shape index (κ3) is 4.26. The lowest BCUT2D eigenvalue weighted by atomic mass is 10.1. The molecule has 0 aliphatic carbocycles. The van der Waals surface area contributed by atoms with Gasteiger partial charge in [0.05, 0.1) is 7.11 Å². The van der Waals surface area contributed by atoms with Crippen LogP contribution in [0.4, 0.5) is 4.79 Å². The minimum atomic E-state index is -1.65. The summed E-state index contributed by atoms with van der Waals surface area (Å²) < 4.78 is 2.85. The predicted octanol–water partition coefficient (Wildman–Crippen LogP) is 3.76.